The van der Waals surface area contributed by atoms with E-state index in [1.165, 1.54) is 103 Å². The highest BCUT2D eigenvalue weighted by Gasteiger charge is 2.39. The molecule has 280 valence electrons. The molecule has 0 rings (SSSR count). The highest BCUT2D eigenvalue weighted by molar-refractivity contribution is 5.81. The number of allylic oxidation sites excluding steroid dienone is 4. The predicted octanol–water partition coefficient (Wildman–Crippen LogP) is 12.0. The van der Waals surface area contributed by atoms with Gasteiger partial charge in [-0.15, -0.1) is 0 Å². The van der Waals surface area contributed by atoms with Gasteiger partial charge in [-0.25, -0.2) is 0 Å². The van der Waals surface area contributed by atoms with Gasteiger partial charge in [-0.2, -0.15) is 0 Å². The third kappa shape index (κ3) is 28.9. The fourth-order valence-corrected chi connectivity index (χ4v) is 5.69. The average molecular weight is 676 g/mol. The zero-order valence-corrected chi connectivity index (χ0v) is 32.0. The van der Waals surface area contributed by atoms with Crippen LogP contribution in [-0.4, -0.2) is 30.6 Å². The van der Waals surface area contributed by atoms with Gasteiger partial charge in [0, 0.05) is 12.8 Å². The van der Waals surface area contributed by atoms with Gasteiger partial charge in [0.25, 0.3) is 0 Å². The minimum absolute atomic E-state index is 0.155. The zero-order valence-electron chi connectivity index (χ0n) is 32.0. The van der Waals surface area contributed by atoms with Crippen LogP contribution in [0.25, 0.3) is 0 Å². The Hall–Kier alpha value is -2.11. The van der Waals surface area contributed by atoms with Crippen LogP contribution < -0.4 is 5.73 Å². The Kier molecular flexibility index (Phi) is 31.9. The molecule has 0 aromatic carbocycles. The first-order valence-corrected chi connectivity index (χ1v) is 20.2. The molecule has 6 nitrogen and oxygen atoms in total. The van der Waals surface area contributed by atoms with Crippen LogP contribution in [0.15, 0.2) is 24.3 Å². The van der Waals surface area contributed by atoms with Crippen LogP contribution >= 0.6 is 0 Å². The van der Waals surface area contributed by atoms with Crippen molar-refractivity contribution in [3.63, 3.8) is 0 Å². The Morgan fingerprint density at radius 2 is 0.854 bits per heavy atom. The summed E-state index contributed by atoms with van der Waals surface area (Å²) in [6, 6.07) is 0. The first-order valence-electron chi connectivity index (χ1n) is 20.2. The van der Waals surface area contributed by atoms with Gasteiger partial charge in [-0.1, -0.05) is 141 Å². The summed E-state index contributed by atoms with van der Waals surface area (Å²) in [7, 11) is 0. The summed E-state index contributed by atoms with van der Waals surface area (Å²) in [5.74, 6) is -1.29. The second kappa shape index (κ2) is 33.4. The lowest BCUT2D eigenvalue weighted by Crippen LogP contribution is -2.46. The van der Waals surface area contributed by atoms with Gasteiger partial charge >= 0.3 is 11.9 Å². The van der Waals surface area contributed by atoms with E-state index in [1.807, 2.05) is 0 Å². The van der Waals surface area contributed by atoms with Crippen molar-refractivity contribution >= 4 is 17.8 Å². The van der Waals surface area contributed by atoms with Crippen molar-refractivity contribution < 1.29 is 23.9 Å². The number of hydrogen-bond acceptors (Lipinski definition) is 5. The molecule has 0 aliphatic rings. The van der Waals surface area contributed by atoms with Gasteiger partial charge in [0.2, 0.25) is 5.91 Å². The second-order valence-corrected chi connectivity index (χ2v) is 14.4. The molecule has 1 amide bonds. The molecule has 0 spiro atoms. The molecule has 0 bridgehead atoms. The van der Waals surface area contributed by atoms with Gasteiger partial charge in [0.05, 0.1) is 5.41 Å². The average Bonchev–Trinajstić information content (AvgIpc) is 3.06. The monoisotopic (exact) mass is 676 g/mol. The van der Waals surface area contributed by atoms with E-state index in [2.05, 4.69) is 38.2 Å². The van der Waals surface area contributed by atoms with Crippen molar-refractivity contribution in [3.05, 3.63) is 24.3 Å². The maximum Gasteiger partial charge on any atom is 0.306 e. The molecule has 0 fully saturated rings. The number of hydrogen-bond donors (Lipinski definition) is 1. The van der Waals surface area contributed by atoms with Crippen molar-refractivity contribution in [2.75, 3.05) is 6.61 Å². The molecule has 48 heavy (non-hydrogen) atoms. The second-order valence-electron chi connectivity index (χ2n) is 14.4. The number of ether oxygens (including phenoxy) is 2. The van der Waals surface area contributed by atoms with E-state index in [-0.39, 0.29) is 25.0 Å². The summed E-state index contributed by atoms with van der Waals surface area (Å²) >= 11 is 0. The molecule has 0 radical (unpaired) electrons. The minimum atomic E-state index is -1.14. The van der Waals surface area contributed by atoms with Crippen LogP contribution in [0.2, 0.25) is 0 Å². The Morgan fingerprint density at radius 3 is 1.23 bits per heavy atom. The number of unbranched alkanes of at least 4 members (excludes halogenated alkanes) is 22. The zero-order chi connectivity index (χ0) is 35.6. The number of amides is 1. The summed E-state index contributed by atoms with van der Waals surface area (Å²) in [6.07, 6.45) is 40.1. The van der Waals surface area contributed by atoms with E-state index in [9.17, 15) is 14.4 Å². The van der Waals surface area contributed by atoms with Crippen LogP contribution in [0.1, 0.15) is 207 Å². The normalized spacial score (nSPS) is 12.6. The molecule has 1 unspecified atom stereocenters. The highest BCUT2D eigenvalue weighted by Crippen LogP contribution is 2.25. The number of rotatable bonds is 35. The smallest absolute Gasteiger partial charge is 0.306 e. The quantitative estimate of drug-likeness (QED) is 0.0410. The standard InChI is InChI=1S/C42H77NO5/c1-5-7-9-11-13-15-17-19-21-23-25-27-29-31-33-35-39(44)47-37-38(42(3,4)41(43)46)48-40(45)36-34-32-30-28-26-24-22-20-18-16-14-12-10-8-6-2/h19-22,38H,5-18,23-37H2,1-4H3,(H2,43,46)/b21-19-,22-20-. The molecule has 0 aromatic rings. The third-order valence-corrected chi connectivity index (χ3v) is 9.39. The largest absolute Gasteiger partial charge is 0.462 e. The minimum Gasteiger partial charge on any atom is -0.462 e. The Bertz CT molecular complexity index is 834. The summed E-state index contributed by atoms with van der Waals surface area (Å²) in [5, 5.41) is 0. The van der Waals surface area contributed by atoms with E-state index in [4.69, 9.17) is 15.2 Å². The number of carbonyl (C=O) groups excluding carboxylic acids is 3. The van der Waals surface area contributed by atoms with E-state index in [0.29, 0.717) is 6.42 Å². The first-order chi connectivity index (χ1) is 23.3. The summed E-state index contributed by atoms with van der Waals surface area (Å²) in [6.45, 7) is 7.62. The number of carbonyl (C=O) groups is 3. The molecular formula is C42H77NO5. The lowest BCUT2D eigenvalue weighted by molar-refractivity contribution is -0.169. The molecule has 0 heterocycles. The third-order valence-electron chi connectivity index (χ3n) is 9.39. The Morgan fingerprint density at radius 1 is 0.521 bits per heavy atom. The molecule has 0 aliphatic carbocycles. The van der Waals surface area contributed by atoms with E-state index in [1.54, 1.807) is 13.8 Å². The molecule has 1 atom stereocenters. The topological polar surface area (TPSA) is 95.7 Å². The Labute approximate surface area is 296 Å². The van der Waals surface area contributed by atoms with Gasteiger partial charge in [0.15, 0.2) is 0 Å². The molecule has 0 saturated heterocycles. The number of primary amides is 1. The number of esters is 2. The van der Waals surface area contributed by atoms with Crippen molar-refractivity contribution in [3.8, 4) is 0 Å². The van der Waals surface area contributed by atoms with Crippen molar-refractivity contribution in [2.45, 2.75) is 214 Å². The fraction of sp³-hybridized carbons (Fsp3) is 0.833. The van der Waals surface area contributed by atoms with Crippen molar-refractivity contribution in [1.82, 2.24) is 0 Å². The predicted molar refractivity (Wildman–Crippen MR) is 203 cm³/mol. The van der Waals surface area contributed by atoms with Crippen molar-refractivity contribution in [2.24, 2.45) is 11.1 Å². The SMILES string of the molecule is CCCCCCCC/C=C\CCCCCCCC(=O)OCC(OC(=O)CCCCCCC/C=C\CCCCCCCC)C(C)(C)C(N)=O. The fourth-order valence-electron chi connectivity index (χ4n) is 5.69. The molecule has 0 aromatic heterocycles. The Balaban J connectivity index is 4.04. The van der Waals surface area contributed by atoms with Gasteiger partial charge in [-0.3, -0.25) is 14.4 Å². The van der Waals surface area contributed by atoms with Gasteiger partial charge in [-0.05, 0) is 78.1 Å². The summed E-state index contributed by atoms with van der Waals surface area (Å²) < 4.78 is 11.1. The molecule has 6 heteroatoms. The maximum absolute atomic E-state index is 12.6. The number of nitrogens with two attached hydrogens (primary N) is 1. The van der Waals surface area contributed by atoms with Crippen LogP contribution in [0, 0.1) is 5.41 Å². The summed E-state index contributed by atoms with van der Waals surface area (Å²) in [5.41, 5.74) is 4.47. The van der Waals surface area contributed by atoms with Crippen LogP contribution in [0.3, 0.4) is 0 Å². The molecular weight excluding hydrogens is 598 g/mol. The van der Waals surface area contributed by atoms with Gasteiger partial charge in [0.1, 0.15) is 12.7 Å². The van der Waals surface area contributed by atoms with E-state index >= 15 is 0 Å². The van der Waals surface area contributed by atoms with Crippen LogP contribution in [-0.2, 0) is 23.9 Å². The van der Waals surface area contributed by atoms with E-state index < -0.39 is 17.4 Å². The maximum atomic E-state index is 12.6. The lowest BCUT2D eigenvalue weighted by Gasteiger charge is -2.30. The summed E-state index contributed by atoms with van der Waals surface area (Å²) in [4.78, 5) is 37.1. The van der Waals surface area contributed by atoms with Crippen LogP contribution in [0.5, 0.6) is 0 Å². The molecule has 2 N–H and O–H groups in total. The van der Waals surface area contributed by atoms with Crippen molar-refractivity contribution in [1.29, 1.82) is 0 Å². The lowest BCUT2D eigenvalue weighted by atomic mass is 9.86. The van der Waals surface area contributed by atoms with Gasteiger partial charge < -0.3 is 15.2 Å². The van der Waals surface area contributed by atoms with E-state index in [0.717, 1.165) is 64.2 Å². The highest BCUT2D eigenvalue weighted by atomic mass is 16.6. The molecule has 0 saturated carbocycles. The van der Waals surface area contributed by atoms with Crippen LogP contribution in [0.4, 0.5) is 0 Å². The first kappa shape index (κ1) is 45.9. The molecule has 0 aliphatic heterocycles.